The summed E-state index contributed by atoms with van der Waals surface area (Å²) in [5, 5.41) is 3.77. The topological polar surface area (TPSA) is 65.5 Å². The van der Waals surface area contributed by atoms with E-state index in [0.717, 1.165) is 12.2 Å². The van der Waals surface area contributed by atoms with Crippen molar-refractivity contribution in [2.24, 2.45) is 11.8 Å². The van der Waals surface area contributed by atoms with E-state index in [1.165, 1.54) is 6.20 Å². The van der Waals surface area contributed by atoms with Crippen molar-refractivity contribution in [3.8, 4) is 0 Å². The van der Waals surface area contributed by atoms with Crippen molar-refractivity contribution in [3.63, 3.8) is 0 Å². The van der Waals surface area contributed by atoms with Crippen LogP contribution in [-0.2, 0) is 4.79 Å². The molecule has 1 aromatic heterocycles. The summed E-state index contributed by atoms with van der Waals surface area (Å²) in [5.74, 6) is -0.0821. The van der Waals surface area contributed by atoms with Gasteiger partial charge in [-0.3, -0.25) is 14.6 Å². The van der Waals surface area contributed by atoms with Crippen LogP contribution in [0.4, 0.5) is 5.69 Å². The number of hydrogen-bond acceptors (Lipinski definition) is 4. The molecule has 2 aliphatic rings. The number of piperazine rings is 1. The monoisotopic (exact) mass is 440 g/mol. The fourth-order valence-electron chi connectivity index (χ4n) is 4.89. The maximum Gasteiger partial charge on any atom is 0.253 e. The van der Waals surface area contributed by atoms with Crippen LogP contribution in [0.15, 0.2) is 48.8 Å². The highest BCUT2D eigenvalue weighted by molar-refractivity contribution is 6.30. The molecule has 1 aromatic carbocycles. The van der Waals surface area contributed by atoms with Crippen LogP contribution in [0.5, 0.6) is 0 Å². The number of carbonyl (C=O) groups is 2. The molecule has 1 saturated carbocycles. The number of amides is 2. The Morgan fingerprint density at radius 3 is 2.32 bits per heavy atom. The lowest BCUT2D eigenvalue weighted by atomic mass is 9.96. The third kappa shape index (κ3) is 3.78. The molecular weight excluding hydrogens is 412 g/mol. The molecular formula is C24H29ClN4O2. The lowest BCUT2D eigenvalue weighted by Gasteiger charge is -2.49. The molecule has 2 amide bonds. The summed E-state index contributed by atoms with van der Waals surface area (Å²) < 4.78 is 0. The minimum Gasteiger partial charge on any atom is -0.363 e. The zero-order valence-electron chi connectivity index (χ0n) is 18.4. The first-order chi connectivity index (χ1) is 14.7. The molecule has 2 unspecified atom stereocenters. The molecule has 6 nitrogen and oxygen atoms in total. The largest absolute Gasteiger partial charge is 0.363 e. The van der Waals surface area contributed by atoms with Crippen molar-refractivity contribution < 1.29 is 9.59 Å². The Morgan fingerprint density at radius 2 is 1.77 bits per heavy atom. The Kier molecular flexibility index (Phi) is 5.46. The SMILES string of the molecule is CC1C(C)C1(NC(=O)c1cccnc1)C(=O)N1CCN(c2ccc(Cl)cc2)C(C)(C)C1. The van der Waals surface area contributed by atoms with E-state index in [1.807, 2.05) is 43.0 Å². The maximum absolute atomic E-state index is 13.7. The van der Waals surface area contributed by atoms with Crippen LogP contribution in [0.25, 0.3) is 0 Å². The van der Waals surface area contributed by atoms with Gasteiger partial charge >= 0.3 is 0 Å². The molecule has 1 aliphatic heterocycles. The summed E-state index contributed by atoms with van der Waals surface area (Å²) in [6, 6.07) is 11.3. The molecule has 2 aromatic rings. The summed E-state index contributed by atoms with van der Waals surface area (Å²) in [5.41, 5.74) is 0.450. The van der Waals surface area contributed by atoms with E-state index in [-0.39, 0.29) is 29.2 Å². The van der Waals surface area contributed by atoms with Crippen LogP contribution in [-0.4, -0.2) is 52.4 Å². The lowest BCUT2D eigenvalue weighted by Crippen LogP contribution is -2.64. The first kappa shape index (κ1) is 21.6. The van der Waals surface area contributed by atoms with Crippen LogP contribution >= 0.6 is 11.6 Å². The number of anilines is 1. The Labute approximate surface area is 188 Å². The summed E-state index contributed by atoms with van der Waals surface area (Å²) >= 11 is 6.05. The van der Waals surface area contributed by atoms with Crippen LogP contribution in [0.3, 0.4) is 0 Å². The van der Waals surface area contributed by atoms with Gasteiger partial charge in [0.05, 0.1) is 11.1 Å². The predicted molar refractivity (Wildman–Crippen MR) is 122 cm³/mol. The first-order valence-corrected chi connectivity index (χ1v) is 11.1. The van der Waals surface area contributed by atoms with Gasteiger partial charge in [-0.2, -0.15) is 0 Å². The van der Waals surface area contributed by atoms with Gasteiger partial charge in [-0.1, -0.05) is 25.4 Å². The fraction of sp³-hybridized carbons (Fsp3) is 0.458. The highest BCUT2D eigenvalue weighted by Crippen LogP contribution is 2.51. The second-order valence-electron chi connectivity index (χ2n) is 9.31. The molecule has 4 rings (SSSR count). The van der Waals surface area contributed by atoms with Crippen molar-refractivity contribution >= 4 is 29.1 Å². The lowest BCUT2D eigenvalue weighted by molar-refractivity contribution is -0.136. The van der Waals surface area contributed by atoms with Crippen LogP contribution in [0, 0.1) is 11.8 Å². The molecule has 2 heterocycles. The molecule has 31 heavy (non-hydrogen) atoms. The smallest absolute Gasteiger partial charge is 0.253 e. The van der Waals surface area contributed by atoms with E-state index in [9.17, 15) is 9.59 Å². The molecule has 2 fully saturated rings. The maximum atomic E-state index is 13.7. The average molecular weight is 441 g/mol. The van der Waals surface area contributed by atoms with E-state index in [4.69, 9.17) is 11.6 Å². The van der Waals surface area contributed by atoms with E-state index in [2.05, 4.69) is 29.0 Å². The van der Waals surface area contributed by atoms with E-state index >= 15 is 0 Å². The molecule has 164 valence electrons. The Balaban J connectivity index is 1.52. The molecule has 0 bridgehead atoms. The minimum absolute atomic E-state index is 0.00794. The number of pyridine rings is 1. The summed E-state index contributed by atoms with van der Waals surface area (Å²) in [6.45, 7) is 10.2. The van der Waals surface area contributed by atoms with Crippen LogP contribution < -0.4 is 10.2 Å². The number of aromatic nitrogens is 1. The van der Waals surface area contributed by atoms with Gasteiger partial charge in [-0.25, -0.2) is 0 Å². The molecule has 0 radical (unpaired) electrons. The molecule has 7 heteroatoms. The molecule has 0 spiro atoms. The minimum atomic E-state index is -0.856. The fourth-order valence-corrected chi connectivity index (χ4v) is 5.02. The van der Waals surface area contributed by atoms with Gasteiger partial charge in [0.1, 0.15) is 5.54 Å². The summed E-state index contributed by atoms with van der Waals surface area (Å²) in [6.07, 6.45) is 3.15. The first-order valence-electron chi connectivity index (χ1n) is 10.7. The zero-order valence-corrected chi connectivity index (χ0v) is 19.2. The predicted octanol–water partition coefficient (Wildman–Crippen LogP) is 3.62. The van der Waals surface area contributed by atoms with Crippen molar-refractivity contribution in [2.75, 3.05) is 24.5 Å². The summed E-state index contributed by atoms with van der Waals surface area (Å²) in [4.78, 5) is 34.8. The third-order valence-electron chi connectivity index (χ3n) is 7.00. The summed E-state index contributed by atoms with van der Waals surface area (Å²) in [7, 11) is 0. The Morgan fingerprint density at radius 1 is 1.10 bits per heavy atom. The van der Waals surface area contributed by atoms with E-state index < -0.39 is 5.54 Å². The van der Waals surface area contributed by atoms with Crippen molar-refractivity contribution in [1.29, 1.82) is 0 Å². The highest BCUT2D eigenvalue weighted by atomic mass is 35.5. The Hall–Kier alpha value is -2.60. The number of carbonyl (C=O) groups excluding carboxylic acids is 2. The number of nitrogens with zero attached hydrogens (tertiary/aromatic N) is 3. The quantitative estimate of drug-likeness (QED) is 0.788. The number of rotatable bonds is 4. The van der Waals surface area contributed by atoms with E-state index in [1.54, 1.807) is 18.3 Å². The number of hydrogen-bond donors (Lipinski definition) is 1. The van der Waals surface area contributed by atoms with Crippen molar-refractivity contribution in [3.05, 3.63) is 59.4 Å². The number of nitrogens with one attached hydrogen (secondary N) is 1. The van der Waals surface area contributed by atoms with Gasteiger partial charge in [0, 0.05) is 42.7 Å². The molecule has 1 N–H and O–H groups in total. The van der Waals surface area contributed by atoms with Gasteiger partial charge in [0.15, 0.2) is 0 Å². The molecule has 1 saturated heterocycles. The van der Waals surface area contributed by atoms with Gasteiger partial charge in [0.2, 0.25) is 5.91 Å². The van der Waals surface area contributed by atoms with Gasteiger partial charge < -0.3 is 15.1 Å². The van der Waals surface area contributed by atoms with Gasteiger partial charge in [0.25, 0.3) is 5.91 Å². The third-order valence-corrected chi connectivity index (χ3v) is 7.25. The van der Waals surface area contributed by atoms with Gasteiger partial charge in [-0.05, 0) is 62.1 Å². The highest BCUT2D eigenvalue weighted by Gasteiger charge is 2.67. The van der Waals surface area contributed by atoms with E-state index in [0.29, 0.717) is 23.7 Å². The second-order valence-corrected chi connectivity index (χ2v) is 9.75. The Bertz CT molecular complexity index is 969. The van der Waals surface area contributed by atoms with Gasteiger partial charge in [-0.15, -0.1) is 0 Å². The average Bonchev–Trinajstić information content (AvgIpc) is 3.27. The van der Waals surface area contributed by atoms with Crippen molar-refractivity contribution in [2.45, 2.75) is 38.8 Å². The molecule has 1 aliphatic carbocycles. The number of halogens is 1. The van der Waals surface area contributed by atoms with Crippen LogP contribution in [0.1, 0.15) is 38.1 Å². The zero-order chi connectivity index (χ0) is 22.4. The van der Waals surface area contributed by atoms with Crippen LogP contribution in [0.2, 0.25) is 5.02 Å². The standard InChI is InChI=1S/C24H29ClN4O2/c1-16-17(2)24(16,27-21(30)18-6-5-11-26-14-18)22(31)28-12-13-29(23(3,4)15-28)20-9-7-19(25)8-10-20/h5-11,14,16-17H,12-13,15H2,1-4H3,(H,27,30). The van der Waals surface area contributed by atoms with Crippen molar-refractivity contribution in [1.82, 2.24) is 15.2 Å². The normalized spacial score (nSPS) is 27.0. The second kappa shape index (κ2) is 7.83. The molecule has 2 atom stereocenters. The number of benzene rings is 1.